The molecule has 0 aliphatic rings. The topological polar surface area (TPSA) is 107 Å². The Morgan fingerprint density at radius 1 is 1.17 bits per heavy atom. The van der Waals surface area contributed by atoms with E-state index in [0.717, 1.165) is 11.7 Å². The lowest BCUT2D eigenvalue weighted by Crippen LogP contribution is -2.16. The minimum Gasteiger partial charge on any atom is -0.464 e. The molecule has 2 aromatic heterocycles. The van der Waals surface area contributed by atoms with Crippen molar-refractivity contribution in [2.45, 2.75) is 25.7 Å². The van der Waals surface area contributed by atoms with E-state index in [-0.39, 0.29) is 10.9 Å². The fourth-order valence-electron chi connectivity index (χ4n) is 2.21. The maximum Gasteiger partial charge on any atom is 0.316 e. The number of hydrogen-bond acceptors (Lipinski definition) is 8. The second kappa shape index (κ2) is 6.29. The number of hydrogen-bond donors (Lipinski definition) is 1. The van der Waals surface area contributed by atoms with Gasteiger partial charge in [0.1, 0.15) is 15.9 Å². The number of benzene rings is 1. The molecule has 0 aliphatic heterocycles. The average molecular weight is 365 g/mol. The number of aryl methyl sites for hydroxylation is 2. The van der Waals surface area contributed by atoms with E-state index in [1.165, 1.54) is 6.07 Å². The summed E-state index contributed by atoms with van der Waals surface area (Å²) in [6.07, 6.45) is 0. The van der Waals surface area contributed by atoms with Crippen LogP contribution in [0.15, 0.2) is 23.1 Å². The molecule has 0 atom stereocenters. The third-order valence-corrected chi connectivity index (χ3v) is 5.22. The molecule has 0 saturated carbocycles. The Kier molecular flexibility index (Phi) is 4.33. The molecule has 1 aromatic carbocycles. The zero-order valence-electron chi connectivity index (χ0n) is 13.3. The van der Waals surface area contributed by atoms with Gasteiger partial charge in [-0.05, 0) is 32.9 Å². The lowest BCUT2D eigenvalue weighted by molar-refractivity contribution is 0.311. The van der Waals surface area contributed by atoms with Crippen molar-refractivity contribution in [3.05, 3.63) is 29.6 Å². The lowest BCUT2D eigenvalue weighted by Gasteiger charge is -2.13. The van der Waals surface area contributed by atoms with Crippen LogP contribution in [0.2, 0.25) is 0 Å². The standard InChI is InChI=1S/C14H15N5O3S2/c1-4-22-14-15-8(2)12(9(3)16-14)19-24(20,21)11-7-5-6-10-13(11)18-23-17-10/h5-7,19H,4H2,1-3H3. The van der Waals surface area contributed by atoms with Crippen LogP contribution in [-0.2, 0) is 10.0 Å². The molecule has 10 heteroatoms. The first-order valence-electron chi connectivity index (χ1n) is 7.14. The van der Waals surface area contributed by atoms with Gasteiger partial charge >= 0.3 is 6.01 Å². The number of rotatable bonds is 5. The molecule has 0 radical (unpaired) electrons. The minimum atomic E-state index is -3.85. The molecule has 0 saturated heterocycles. The van der Waals surface area contributed by atoms with E-state index in [1.54, 1.807) is 26.0 Å². The molecular weight excluding hydrogens is 350 g/mol. The van der Waals surface area contributed by atoms with Gasteiger partial charge in [-0.2, -0.15) is 18.7 Å². The molecule has 126 valence electrons. The van der Waals surface area contributed by atoms with Crippen molar-refractivity contribution in [3.8, 4) is 6.01 Å². The number of nitrogens with one attached hydrogen (secondary N) is 1. The first-order valence-corrected chi connectivity index (χ1v) is 9.36. The SMILES string of the molecule is CCOc1nc(C)c(NS(=O)(=O)c2cccc3nsnc23)c(C)n1. The minimum absolute atomic E-state index is 0.0708. The predicted molar refractivity (Wildman–Crippen MR) is 90.9 cm³/mol. The van der Waals surface area contributed by atoms with Gasteiger partial charge < -0.3 is 4.74 Å². The highest BCUT2D eigenvalue weighted by Gasteiger charge is 2.22. The number of anilines is 1. The van der Waals surface area contributed by atoms with Crippen LogP contribution in [0.3, 0.4) is 0 Å². The molecule has 0 amide bonds. The Morgan fingerprint density at radius 2 is 1.88 bits per heavy atom. The highest BCUT2D eigenvalue weighted by atomic mass is 32.2. The van der Waals surface area contributed by atoms with E-state index in [9.17, 15) is 8.42 Å². The monoisotopic (exact) mass is 365 g/mol. The maximum absolute atomic E-state index is 12.8. The third-order valence-electron chi connectivity index (χ3n) is 3.30. The maximum atomic E-state index is 12.8. The summed E-state index contributed by atoms with van der Waals surface area (Å²) in [6, 6.07) is 5.06. The van der Waals surface area contributed by atoms with Gasteiger partial charge in [0, 0.05) is 0 Å². The van der Waals surface area contributed by atoms with Crippen LogP contribution >= 0.6 is 11.7 Å². The van der Waals surface area contributed by atoms with Crippen LogP contribution < -0.4 is 9.46 Å². The van der Waals surface area contributed by atoms with Crippen molar-refractivity contribution in [1.29, 1.82) is 0 Å². The Bertz CT molecular complexity index is 978. The van der Waals surface area contributed by atoms with Crippen molar-refractivity contribution < 1.29 is 13.2 Å². The fourth-order valence-corrected chi connectivity index (χ4v) is 4.16. The predicted octanol–water partition coefficient (Wildman–Crippen LogP) is 2.30. The normalized spacial score (nSPS) is 11.6. The number of fused-ring (bicyclic) bond motifs is 1. The number of ether oxygens (including phenoxy) is 1. The Morgan fingerprint density at radius 3 is 2.54 bits per heavy atom. The molecule has 1 N–H and O–H groups in total. The first-order chi connectivity index (χ1) is 11.4. The molecule has 0 aliphatic carbocycles. The average Bonchev–Trinajstić information content (AvgIpc) is 2.99. The molecule has 3 aromatic rings. The van der Waals surface area contributed by atoms with E-state index < -0.39 is 10.0 Å². The summed E-state index contributed by atoms with van der Waals surface area (Å²) >= 11 is 0.970. The van der Waals surface area contributed by atoms with Crippen molar-refractivity contribution >= 4 is 38.5 Å². The van der Waals surface area contributed by atoms with Crippen molar-refractivity contribution in [1.82, 2.24) is 18.7 Å². The van der Waals surface area contributed by atoms with Crippen LogP contribution in [0.4, 0.5) is 5.69 Å². The number of aromatic nitrogens is 4. The van der Waals surface area contributed by atoms with Crippen LogP contribution in [0.1, 0.15) is 18.3 Å². The third kappa shape index (κ3) is 3.02. The smallest absolute Gasteiger partial charge is 0.316 e. The van der Waals surface area contributed by atoms with E-state index in [2.05, 4.69) is 23.4 Å². The molecule has 0 bridgehead atoms. The van der Waals surface area contributed by atoms with Gasteiger partial charge in [-0.15, -0.1) is 0 Å². The van der Waals surface area contributed by atoms with Crippen molar-refractivity contribution in [3.63, 3.8) is 0 Å². The number of sulfonamides is 1. The van der Waals surface area contributed by atoms with Gasteiger partial charge in [-0.25, -0.2) is 8.42 Å². The molecular formula is C14H15N5O3S2. The molecule has 0 fully saturated rings. The van der Waals surface area contributed by atoms with Gasteiger partial charge in [0.15, 0.2) is 0 Å². The second-order valence-electron chi connectivity index (χ2n) is 4.98. The fraction of sp³-hybridized carbons (Fsp3) is 0.286. The van der Waals surface area contributed by atoms with Crippen LogP contribution in [0, 0.1) is 13.8 Å². The highest BCUT2D eigenvalue weighted by Crippen LogP contribution is 2.26. The summed E-state index contributed by atoms with van der Waals surface area (Å²) in [5, 5.41) is 0. The van der Waals surface area contributed by atoms with Crippen LogP contribution in [-0.4, -0.2) is 33.7 Å². The largest absolute Gasteiger partial charge is 0.464 e. The summed E-state index contributed by atoms with van der Waals surface area (Å²) < 4.78 is 41.5. The van der Waals surface area contributed by atoms with Crippen LogP contribution in [0.25, 0.3) is 11.0 Å². The van der Waals surface area contributed by atoms with E-state index in [0.29, 0.717) is 34.7 Å². The Labute approximate surface area is 143 Å². The van der Waals surface area contributed by atoms with Gasteiger partial charge in [0.05, 0.1) is 35.4 Å². The van der Waals surface area contributed by atoms with Gasteiger partial charge in [-0.1, -0.05) is 6.07 Å². The summed E-state index contributed by atoms with van der Waals surface area (Å²) in [7, 11) is -3.85. The van der Waals surface area contributed by atoms with Gasteiger partial charge in [0.2, 0.25) is 0 Å². The molecule has 2 heterocycles. The summed E-state index contributed by atoms with van der Waals surface area (Å²) in [4.78, 5) is 8.41. The zero-order valence-corrected chi connectivity index (χ0v) is 14.9. The molecule has 24 heavy (non-hydrogen) atoms. The highest BCUT2D eigenvalue weighted by molar-refractivity contribution is 7.93. The summed E-state index contributed by atoms with van der Waals surface area (Å²) in [5.41, 5.74) is 2.19. The first kappa shape index (κ1) is 16.5. The van der Waals surface area contributed by atoms with Gasteiger partial charge in [-0.3, -0.25) is 4.72 Å². The van der Waals surface area contributed by atoms with Gasteiger partial charge in [0.25, 0.3) is 10.0 Å². The second-order valence-corrected chi connectivity index (χ2v) is 7.16. The van der Waals surface area contributed by atoms with E-state index in [1.807, 2.05) is 6.92 Å². The quantitative estimate of drug-likeness (QED) is 0.739. The van der Waals surface area contributed by atoms with Crippen molar-refractivity contribution in [2.75, 3.05) is 11.3 Å². The van der Waals surface area contributed by atoms with Crippen LogP contribution in [0.5, 0.6) is 6.01 Å². The summed E-state index contributed by atoms with van der Waals surface area (Å²) in [5.74, 6) is 0. The Balaban J connectivity index is 2.03. The molecule has 8 nitrogen and oxygen atoms in total. The number of nitrogens with zero attached hydrogens (tertiary/aromatic N) is 4. The Hall–Kier alpha value is -2.33. The van der Waals surface area contributed by atoms with E-state index in [4.69, 9.17) is 4.74 Å². The zero-order chi connectivity index (χ0) is 17.3. The van der Waals surface area contributed by atoms with E-state index >= 15 is 0 Å². The molecule has 0 unspecified atom stereocenters. The van der Waals surface area contributed by atoms with Crippen molar-refractivity contribution in [2.24, 2.45) is 0 Å². The summed E-state index contributed by atoms with van der Waals surface area (Å²) in [6.45, 7) is 5.65. The lowest BCUT2D eigenvalue weighted by atomic mass is 10.3. The molecule has 3 rings (SSSR count). The molecule has 0 spiro atoms.